The normalized spacial score (nSPS) is 11.8. The Kier molecular flexibility index (Phi) is 4.63. The van der Waals surface area contributed by atoms with Gasteiger partial charge in [-0.15, -0.1) is 0 Å². The maximum absolute atomic E-state index is 11.5. The van der Waals surface area contributed by atoms with Crippen molar-refractivity contribution >= 4 is 24.0 Å². The van der Waals surface area contributed by atoms with Gasteiger partial charge in [-0.2, -0.15) is 0 Å². The third-order valence-electron chi connectivity index (χ3n) is 1.94. The van der Waals surface area contributed by atoms with Crippen LogP contribution in [0.5, 0.6) is 0 Å². The molecule has 1 heterocycles. The van der Waals surface area contributed by atoms with Crippen LogP contribution < -0.4 is 11.1 Å². The van der Waals surface area contributed by atoms with Crippen molar-refractivity contribution in [3.63, 3.8) is 0 Å². The highest BCUT2D eigenvalue weighted by molar-refractivity contribution is 5.96. The van der Waals surface area contributed by atoms with Crippen LogP contribution >= 0.6 is 0 Å². The van der Waals surface area contributed by atoms with Crippen molar-refractivity contribution in [3.8, 4) is 0 Å². The van der Waals surface area contributed by atoms with Gasteiger partial charge in [0.05, 0.1) is 0 Å². The van der Waals surface area contributed by atoms with E-state index >= 15 is 0 Å². The molecule has 4 N–H and O–H groups in total. The zero-order chi connectivity index (χ0) is 15.3. The molecule has 108 valence electrons. The number of rotatable bonds is 3. The van der Waals surface area contributed by atoms with Gasteiger partial charge < -0.3 is 15.6 Å². The lowest BCUT2D eigenvalue weighted by Gasteiger charge is -2.19. The Morgan fingerprint density at radius 3 is 2.60 bits per heavy atom. The van der Waals surface area contributed by atoms with E-state index in [0.717, 1.165) is 6.08 Å². The van der Waals surface area contributed by atoms with Crippen molar-refractivity contribution in [1.29, 1.82) is 0 Å². The molecule has 0 aromatic carbocycles. The Bertz CT molecular complexity index is 549. The number of alkyl carbamates (subject to hydrolysis) is 1. The molecule has 0 radical (unpaired) electrons. The standard InChI is InChI=1S/C12H16N4O4/c1-12(2,3)20-11(19)16-8(10(17)18)4-7-5-14-6-15-9(7)13/h4-6H,1-3H3,(H,16,19)(H,17,18)(H2,13,14,15)/b8-4-. The summed E-state index contributed by atoms with van der Waals surface area (Å²) in [7, 11) is 0. The highest BCUT2D eigenvalue weighted by atomic mass is 16.6. The molecule has 0 aliphatic heterocycles. The number of amides is 1. The highest BCUT2D eigenvalue weighted by Gasteiger charge is 2.19. The van der Waals surface area contributed by atoms with E-state index in [9.17, 15) is 9.59 Å². The van der Waals surface area contributed by atoms with E-state index in [2.05, 4.69) is 15.3 Å². The average Bonchev–Trinajstić information content (AvgIpc) is 2.28. The second kappa shape index (κ2) is 6.00. The van der Waals surface area contributed by atoms with E-state index in [1.807, 2.05) is 0 Å². The van der Waals surface area contributed by atoms with Crippen LogP contribution in [-0.2, 0) is 9.53 Å². The summed E-state index contributed by atoms with van der Waals surface area (Å²) in [5.74, 6) is -1.23. The number of nitrogens with two attached hydrogens (primary N) is 1. The van der Waals surface area contributed by atoms with Crippen molar-refractivity contribution in [2.24, 2.45) is 0 Å². The van der Waals surface area contributed by atoms with Gasteiger partial charge in [-0.05, 0) is 26.8 Å². The van der Waals surface area contributed by atoms with E-state index in [1.165, 1.54) is 12.5 Å². The Morgan fingerprint density at radius 1 is 1.45 bits per heavy atom. The van der Waals surface area contributed by atoms with Gasteiger partial charge in [0.15, 0.2) is 0 Å². The maximum atomic E-state index is 11.5. The van der Waals surface area contributed by atoms with Crippen LogP contribution in [0.1, 0.15) is 26.3 Å². The number of anilines is 1. The van der Waals surface area contributed by atoms with E-state index in [0.29, 0.717) is 0 Å². The molecule has 1 aromatic rings. The SMILES string of the molecule is CC(C)(C)OC(=O)N/C(=C\c1cncnc1N)C(=O)O. The minimum absolute atomic E-state index is 0.102. The minimum atomic E-state index is -1.33. The number of nitrogen functional groups attached to an aromatic ring is 1. The van der Waals surface area contributed by atoms with Crippen LogP contribution in [0.15, 0.2) is 18.2 Å². The van der Waals surface area contributed by atoms with Crippen molar-refractivity contribution in [2.75, 3.05) is 5.73 Å². The van der Waals surface area contributed by atoms with Crippen molar-refractivity contribution < 1.29 is 19.4 Å². The predicted molar refractivity (Wildman–Crippen MR) is 71.4 cm³/mol. The molecule has 0 fully saturated rings. The summed E-state index contributed by atoms with van der Waals surface area (Å²) in [6, 6.07) is 0. The summed E-state index contributed by atoms with van der Waals surface area (Å²) in [6.07, 6.45) is 2.85. The molecule has 0 saturated carbocycles. The lowest BCUT2D eigenvalue weighted by Crippen LogP contribution is -2.34. The van der Waals surface area contributed by atoms with Gasteiger partial charge >= 0.3 is 12.1 Å². The number of aromatic nitrogens is 2. The number of carbonyl (C=O) groups is 2. The molecular formula is C12H16N4O4. The maximum Gasteiger partial charge on any atom is 0.412 e. The summed E-state index contributed by atoms with van der Waals surface area (Å²) in [6.45, 7) is 5.00. The zero-order valence-corrected chi connectivity index (χ0v) is 11.4. The molecule has 0 spiro atoms. The van der Waals surface area contributed by atoms with Crippen LogP contribution in [0, 0.1) is 0 Å². The first-order chi connectivity index (χ1) is 9.19. The topological polar surface area (TPSA) is 127 Å². The first-order valence-electron chi connectivity index (χ1n) is 5.69. The summed E-state index contributed by atoms with van der Waals surface area (Å²) in [5.41, 5.74) is 4.73. The van der Waals surface area contributed by atoms with Crippen LogP contribution in [-0.4, -0.2) is 32.7 Å². The molecule has 1 aromatic heterocycles. The summed E-state index contributed by atoms with van der Waals surface area (Å²) >= 11 is 0. The van der Waals surface area contributed by atoms with Gasteiger partial charge in [-0.3, -0.25) is 5.32 Å². The smallest absolute Gasteiger partial charge is 0.412 e. The monoisotopic (exact) mass is 280 g/mol. The molecule has 0 unspecified atom stereocenters. The predicted octanol–water partition coefficient (Wildman–Crippen LogP) is 1.01. The lowest BCUT2D eigenvalue weighted by molar-refractivity contribution is -0.133. The van der Waals surface area contributed by atoms with Gasteiger partial charge in [0.2, 0.25) is 0 Å². The Hall–Kier alpha value is -2.64. The molecular weight excluding hydrogens is 264 g/mol. The number of carboxylic acid groups (broad SMARTS) is 1. The van der Waals surface area contributed by atoms with Gasteiger partial charge in [-0.25, -0.2) is 19.6 Å². The number of nitrogens with zero attached hydrogens (tertiary/aromatic N) is 2. The van der Waals surface area contributed by atoms with Gasteiger partial charge in [-0.1, -0.05) is 0 Å². The first-order valence-corrected chi connectivity index (χ1v) is 5.69. The molecule has 0 saturated heterocycles. The van der Waals surface area contributed by atoms with E-state index < -0.39 is 17.7 Å². The third kappa shape index (κ3) is 4.92. The summed E-state index contributed by atoms with van der Waals surface area (Å²) in [5, 5.41) is 11.2. The quantitative estimate of drug-likeness (QED) is 0.705. The molecule has 0 atom stereocenters. The molecule has 20 heavy (non-hydrogen) atoms. The number of ether oxygens (including phenoxy) is 1. The molecule has 1 amide bonds. The van der Waals surface area contributed by atoms with Crippen molar-refractivity contribution in [3.05, 3.63) is 23.8 Å². The molecule has 0 bridgehead atoms. The van der Waals surface area contributed by atoms with Crippen molar-refractivity contribution in [2.45, 2.75) is 26.4 Å². The van der Waals surface area contributed by atoms with Gasteiger partial charge in [0.1, 0.15) is 23.4 Å². The molecule has 0 aliphatic rings. The van der Waals surface area contributed by atoms with Gasteiger partial charge in [0, 0.05) is 11.8 Å². The van der Waals surface area contributed by atoms with E-state index in [-0.39, 0.29) is 17.1 Å². The fourth-order valence-corrected chi connectivity index (χ4v) is 1.18. The highest BCUT2D eigenvalue weighted by Crippen LogP contribution is 2.11. The summed E-state index contributed by atoms with van der Waals surface area (Å²) in [4.78, 5) is 30.1. The van der Waals surface area contributed by atoms with Crippen LogP contribution in [0.25, 0.3) is 6.08 Å². The van der Waals surface area contributed by atoms with E-state index in [4.69, 9.17) is 15.6 Å². The average molecular weight is 280 g/mol. The third-order valence-corrected chi connectivity index (χ3v) is 1.94. The Morgan fingerprint density at radius 2 is 2.10 bits per heavy atom. The first kappa shape index (κ1) is 15.4. The molecule has 0 aliphatic carbocycles. The molecule has 8 nitrogen and oxygen atoms in total. The van der Waals surface area contributed by atoms with Gasteiger partial charge in [0.25, 0.3) is 0 Å². The lowest BCUT2D eigenvalue weighted by atomic mass is 10.2. The fourth-order valence-electron chi connectivity index (χ4n) is 1.18. The Balaban J connectivity index is 2.94. The molecule has 8 heteroatoms. The Labute approximate surface area is 115 Å². The largest absolute Gasteiger partial charge is 0.477 e. The number of hydrogen-bond donors (Lipinski definition) is 3. The number of aliphatic carboxylic acids is 1. The second-order valence-corrected chi connectivity index (χ2v) is 4.85. The fraction of sp³-hybridized carbons (Fsp3) is 0.333. The van der Waals surface area contributed by atoms with E-state index in [1.54, 1.807) is 20.8 Å². The number of carboxylic acids is 1. The number of carbonyl (C=O) groups excluding carboxylic acids is 1. The summed E-state index contributed by atoms with van der Waals surface area (Å²) < 4.78 is 4.97. The number of nitrogens with one attached hydrogen (secondary N) is 1. The minimum Gasteiger partial charge on any atom is -0.477 e. The van der Waals surface area contributed by atoms with Crippen LogP contribution in [0.3, 0.4) is 0 Å². The van der Waals surface area contributed by atoms with Crippen molar-refractivity contribution in [1.82, 2.24) is 15.3 Å². The molecule has 1 rings (SSSR count). The zero-order valence-electron chi connectivity index (χ0n) is 11.4. The second-order valence-electron chi connectivity index (χ2n) is 4.85. The van der Waals surface area contributed by atoms with Crippen LogP contribution in [0.2, 0.25) is 0 Å². The van der Waals surface area contributed by atoms with Crippen LogP contribution in [0.4, 0.5) is 10.6 Å². The number of hydrogen-bond acceptors (Lipinski definition) is 6.